The molecule has 1 aromatic heterocycles. The zero-order valence-corrected chi connectivity index (χ0v) is 11.5. The van der Waals surface area contributed by atoms with Crippen molar-refractivity contribution >= 4 is 0 Å². The van der Waals surface area contributed by atoms with E-state index in [4.69, 9.17) is 0 Å². The van der Waals surface area contributed by atoms with Crippen molar-refractivity contribution in [1.82, 2.24) is 4.57 Å². The summed E-state index contributed by atoms with van der Waals surface area (Å²) in [5.74, 6) is 1.44. The van der Waals surface area contributed by atoms with Crippen molar-refractivity contribution in [3.05, 3.63) is 54.1 Å². The minimum atomic E-state index is 1.06. The highest BCUT2D eigenvalue weighted by molar-refractivity contribution is 5.14. The Bertz CT molecular complexity index is 471. The Morgan fingerprint density at radius 1 is 1.11 bits per heavy atom. The van der Waals surface area contributed by atoms with Gasteiger partial charge in [0.05, 0.1) is 13.1 Å². The van der Waals surface area contributed by atoms with Crippen molar-refractivity contribution in [3.8, 4) is 0 Å². The molecular weight excluding hydrogens is 220 g/mol. The standard InChI is InChI=1S/C16H23N2/c1-3-16-17(4-2)13-14-18(16)12-8-11-15-9-6-5-7-10-15/h5-7,9-10,13-14H,3-4,8,11-12H2,1-2H3/q+1. The molecule has 0 radical (unpaired) electrons. The summed E-state index contributed by atoms with van der Waals surface area (Å²) in [5.41, 5.74) is 1.44. The average molecular weight is 243 g/mol. The molecule has 2 rings (SSSR count). The van der Waals surface area contributed by atoms with Gasteiger partial charge >= 0.3 is 0 Å². The van der Waals surface area contributed by atoms with Crippen LogP contribution in [0.4, 0.5) is 0 Å². The van der Waals surface area contributed by atoms with Gasteiger partial charge in [0.15, 0.2) is 0 Å². The number of benzene rings is 1. The summed E-state index contributed by atoms with van der Waals surface area (Å²) in [5, 5.41) is 0. The summed E-state index contributed by atoms with van der Waals surface area (Å²) < 4.78 is 4.73. The monoisotopic (exact) mass is 243 g/mol. The van der Waals surface area contributed by atoms with Gasteiger partial charge in [0.2, 0.25) is 0 Å². The van der Waals surface area contributed by atoms with E-state index in [0.29, 0.717) is 0 Å². The quantitative estimate of drug-likeness (QED) is 0.690. The lowest BCUT2D eigenvalue weighted by molar-refractivity contribution is -0.704. The minimum absolute atomic E-state index is 1.06. The summed E-state index contributed by atoms with van der Waals surface area (Å²) in [6, 6.07) is 10.7. The molecule has 96 valence electrons. The van der Waals surface area contributed by atoms with Gasteiger partial charge in [0, 0.05) is 6.42 Å². The van der Waals surface area contributed by atoms with Crippen LogP contribution in [-0.4, -0.2) is 4.57 Å². The second-order valence-corrected chi connectivity index (χ2v) is 4.64. The molecule has 0 saturated heterocycles. The van der Waals surface area contributed by atoms with Gasteiger partial charge in [-0.3, -0.25) is 0 Å². The third-order valence-electron chi connectivity index (χ3n) is 3.45. The first-order chi connectivity index (χ1) is 8.85. The summed E-state index contributed by atoms with van der Waals surface area (Å²) in [4.78, 5) is 0. The van der Waals surface area contributed by atoms with Crippen LogP contribution in [0, 0.1) is 0 Å². The fourth-order valence-electron chi connectivity index (χ4n) is 2.49. The van der Waals surface area contributed by atoms with Crippen molar-refractivity contribution in [2.24, 2.45) is 0 Å². The van der Waals surface area contributed by atoms with Crippen LogP contribution >= 0.6 is 0 Å². The Balaban J connectivity index is 1.92. The lowest BCUT2D eigenvalue weighted by atomic mass is 10.1. The lowest BCUT2D eigenvalue weighted by Gasteiger charge is -2.03. The van der Waals surface area contributed by atoms with E-state index in [1.165, 1.54) is 17.8 Å². The zero-order chi connectivity index (χ0) is 12.8. The maximum atomic E-state index is 2.40. The van der Waals surface area contributed by atoms with Gasteiger partial charge in [-0.05, 0) is 25.3 Å². The summed E-state index contributed by atoms with van der Waals surface area (Å²) in [7, 11) is 0. The maximum absolute atomic E-state index is 2.40. The molecule has 0 atom stereocenters. The fourth-order valence-corrected chi connectivity index (χ4v) is 2.49. The summed E-state index contributed by atoms with van der Waals surface area (Å²) >= 11 is 0. The largest absolute Gasteiger partial charge is 0.256 e. The molecule has 0 bridgehead atoms. The Hall–Kier alpha value is -1.57. The van der Waals surface area contributed by atoms with E-state index in [2.05, 4.69) is 65.7 Å². The predicted molar refractivity (Wildman–Crippen MR) is 74.4 cm³/mol. The Labute approximate surface area is 110 Å². The van der Waals surface area contributed by atoms with Gasteiger partial charge in [-0.15, -0.1) is 0 Å². The van der Waals surface area contributed by atoms with Crippen LogP contribution in [0.2, 0.25) is 0 Å². The molecule has 2 heteroatoms. The molecule has 0 aliphatic rings. The van der Waals surface area contributed by atoms with Crippen molar-refractivity contribution in [1.29, 1.82) is 0 Å². The highest BCUT2D eigenvalue weighted by Crippen LogP contribution is 2.03. The zero-order valence-electron chi connectivity index (χ0n) is 11.5. The van der Waals surface area contributed by atoms with Crippen LogP contribution in [0.25, 0.3) is 0 Å². The number of hydrogen-bond acceptors (Lipinski definition) is 0. The van der Waals surface area contributed by atoms with Gasteiger partial charge in [0.1, 0.15) is 12.4 Å². The van der Waals surface area contributed by atoms with E-state index in [9.17, 15) is 0 Å². The molecule has 0 aliphatic heterocycles. The number of aromatic nitrogens is 2. The van der Waals surface area contributed by atoms with Crippen molar-refractivity contribution in [2.75, 3.05) is 0 Å². The Kier molecular flexibility index (Phi) is 4.57. The molecular formula is C16H23N2+. The van der Waals surface area contributed by atoms with Gasteiger partial charge in [-0.1, -0.05) is 37.3 Å². The predicted octanol–water partition coefficient (Wildman–Crippen LogP) is 2.99. The number of imidazole rings is 1. The van der Waals surface area contributed by atoms with Crippen LogP contribution in [0.1, 0.15) is 31.7 Å². The first kappa shape index (κ1) is 12.9. The molecule has 0 aliphatic carbocycles. The number of rotatable bonds is 6. The minimum Gasteiger partial charge on any atom is -0.235 e. The van der Waals surface area contributed by atoms with Gasteiger partial charge < -0.3 is 0 Å². The molecule has 2 nitrogen and oxygen atoms in total. The van der Waals surface area contributed by atoms with E-state index in [0.717, 1.165) is 25.9 Å². The van der Waals surface area contributed by atoms with E-state index in [-0.39, 0.29) is 0 Å². The number of hydrogen-bond donors (Lipinski definition) is 0. The highest BCUT2D eigenvalue weighted by atomic mass is 15.1. The van der Waals surface area contributed by atoms with E-state index >= 15 is 0 Å². The smallest absolute Gasteiger partial charge is 0.235 e. The third kappa shape index (κ3) is 3.00. The van der Waals surface area contributed by atoms with Crippen LogP contribution < -0.4 is 4.57 Å². The van der Waals surface area contributed by atoms with Gasteiger partial charge in [-0.2, -0.15) is 0 Å². The maximum Gasteiger partial charge on any atom is 0.256 e. The molecule has 0 N–H and O–H groups in total. The Morgan fingerprint density at radius 3 is 2.56 bits per heavy atom. The first-order valence-corrected chi connectivity index (χ1v) is 6.96. The van der Waals surface area contributed by atoms with Crippen molar-refractivity contribution in [3.63, 3.8) is 0 Å². The lowest BCUT2D eigenvalue weighted by Crippen LogP contribution is -2.37. The second-order valence-electron chi connectivity index (χ2n) is 4.64. The molecule has 1 aromatic carbocycles. The number of nitrogens with zero attached hydrogens (tertiary/aromatic N) is 2. The summed E-state index contributed by atoms with van der Waals surface area (Å²) in [6.07, 6.45) is 7.88. The molecule has 0 spiro atoms. The average Bonchev–Trinajstić information content (AvgIpc) is 2.82. The molecule has 0 unspecified atom stereocenters. The van der Waals surface area contributed by atoms with E-state index < -0.39 is 0 Å². The van der Waals surface area contributed by atoms with Crippen LogP contribution in [0.5, 0.6) is 0 Å². The summed E-state index contributed by atoms with van der Waals surface area (Å²) in [6.45, 7) is 6.61. The molecule has 18 heavy (non-hydrogen) atoms. The molecule has 2 aromatic rings. The Morgan fingerprint density at radius 2 is 1.89 bits per heavy atom. The normalized spacial score (nSPS) is 10.8. The van der Waals surface area contributed by atoms with Gasteiger partial charge in [0.25, 0.3) is 5.82 Å². The van der Waals surface area contributed by atoms with E-state index in [1.54, 1.807) is 0 Å². The molecule has 0 fully saturated rings. The molecule has 1 heterocycles. The van der Waals surface area contributed by atoms with Crippen LogP contribution in [-0.2, 0) is 25.9 Å². The highest BCUT2D eigenvalue weighted by Gasteiger charge is 2.12. The van der Waals surface area contributed by atoms with Gasteiger partial charge in [-0.25, -0.2) is 9.13 Å². The van der Waals surface area contributed by atoms with Crippen molar-refractivity contribution in [2.45, 2.75) is 46.2 Å². The fraction of sp³-hybridized carbons (Fsp3) is 0.438. The van der Waals surface area contributed by atoms with E-state index in [1.807, 2.05) is 0 Å². The topological polar surface area (TPSA) is 8.81 Å². The SMILES string of the molecule is CCc1n(CC)cc[n+]1CCCc1ccccc1. The second kappa shape index (κ2) is 6.39. The molecule has 0 amide bonds. The first-order valence-electron chi connectivity index (χ1n) is 6.96. The third-order valence-corrected chi connectivity index (χ3v) is 3.45. The molecule has 0 saturated carbocycles. The number of aryl methyl sites for hydroxylation is 3. The van der Waals surface area contributed by atoms with Crippen molar-refractivity contribution < 1.29 is 4.57 Å². The van der Waals surface area contributed by atoms with Crippen LogP contribution in [0.3, 0.4) is 0 Å². The van der Waals surface area contributed by atoms with Crippen LogP contribution in [0.15, 0.2) is 42.7 Å².